The third kappa shape index (κ3) is 3.45. The van der Waals surface area contributed by atoms with Gasteiger partial charge < -0.3 is 5.32 Å². The molecule has 0 unspecified atom stereocenters. The van der Waals surface area contributed by atoms with Crippen molar-refractivity contribution >= 4 is 23.5 Å². The minimum Gasteiger partial charge on any atom is -0.319 e. The van der Waals surface area contributed by atoms with E-state index in [1.807, 2.05) is 73.5 Å². The van der Waals surface area contributed by atoms with Crippen LogP contribution in [-0.4, -0.2) is 35.5 Å². The Hall–Kier alpha value is -2.37. The number of hydrogen-bond acceptors (Lipinski definition) is 3. The average Bonchev–Trinajstić information content (AvgIpc) is 2.89. The zero-order valence-electron chi connectivity index (χ0n) is 14.9. The van der Waals surface area contributed by atoms with E-state index in [9.17, 15) is 9.59 Å². The van der Waals surface area contributed by atoms with E-state index < -0.39 is 5.54 Å². The van der Waals surface area contributed by atoms with Crippen LogP contribution in [-0.2, 0) is 16.9 Å². The maximum atomic E-state index is 13.1. The third-order valence-electron chi connectivity index (χ3n) is 4.72. The first-order valence-corrected chi connectivity index (χ1v) is 8.96. The van der Waals surface area contributed by atoms with Crippen LogP contribution in [0.25, 0.3) is 0 Å². The van der Waals surface area contributed by atoms with Crippen LogP contribution >= 0.6 is 11.6 Å². The molecule has 0 aromatic heterocycles. The van der Waals surface area contributed by atoms with Crippen LogP contribution in [0.5, 0.6) is 0 Å². The van der Waals surface area contributed by atoms with Gasteiger partial charge in [-0.15, -0.1) is 0 Å². The molecule has 3 amide bonds. The van der Waals surface area contributed by atoms with Crippen LogP contribution in [0.3, 0.4) is 0 Å². The molecule has 136 valence electrons. The molecule has 3 rings (SSSR count). The van der Waals surface area contributed by atoms with E-state index >= 15 is 0 Å². The van der Waals surface area contributed by atoms with E-state index in [0.717, 1.165) is 11.1 Å². The molecule has 0 bridgehead atoms. The van der Waals surface area contributed by atoms with E-state index in [4.69, 9.17) is 11.6 Å². The molecule has 1 saturated heterocycles. The Morgan fingerprint density at radius 2 is 1.73 bits per heavy atom. The molecule has 0 aliphatic carbocycles. The normalized spacial score (nSPS) is 19.9. The molecule has 5 nitrogen and oxygen atoms in total. The van der Waals surface area contributed by atoms with Gasteiger partial charge >= 0.3 is 6.03 Å². The molecular weight excluding hydrogens is 350 g/mol. The molecule has 1 aliphatic rings. The zero-order chi connectivity index (χ0) is 18.7. The third-order valence-corrected chi connectivity index (χ3v) is 4.97. The first kappa shape index (κ1) is 18.4. The van der Waals surface area contributed by atoms with Gasteiger partial charge in [-0.2, -0.15) is 0 Å². The summed E-state index contributed by atoms with van der Waals surface area (Å²) in [6, 6.07) is 16.6. The van der Waals surface area contributed by atoms with Crippen molar-refractivity contribution < 1.29 is 9.59 Å². The van der Waals surface area contributed by atoms with Gasteiger partial charge in [0, 0.05) is 11.6 Å². The number of rotatable bonds is 6. The van der Waals surface area contributed by atoms with Gasteiger partial charge in [0.15, 0.2) is 0 Å². The van der Waals surface area contributed by atoms with Crippen molar-refractivity contribution in [2.75, 3.05) is 13.7 Å². The Morgan fingerprint density at radius 1 is 1.08 bits per heavy atom. The highest BCUT2D eigenvalue weighted by Gasteiger charge is 2.51. The topological polar surface area (TPSA) is 52.7 Å². The second-order valence-corrected chi connectivity index (χ2v) is 7.01. The van der Waals surface area contributed by atoms with E-state index in [1.54, 1.807) is 0 Å². The van der Waals surface area contributed by atoms with Crippen molar-refractivity contribution in [3.05, 3.63) is 70.7 Å². The Morgan fingerprint density at radius 3 is 2.35 bits per heavy atom. The van der Waals surface area contributed by atoms with Crippen LogP contribution in [0.4, 0.5) is 4.79 Å². The van der Waals surface area contributed by atoms with Crippen molar-refractivity contribution in [2.24, 2.45) is 0 Å². The lowest BCUT2D eigenvalue weighted by Crippen LogP contribution is -2.44. The van der Waals surface area contributed by atoms with E-state index in [-0.39, 0.29) is 18.6 Å². The Bertz CT molecular complexity index is 794. The van der Waals surface area contributed by atoms with Crippen LogP contribution in [0.1, 0.15) is 24.5 Å². The maximum Gasteiger partial charge on any atom is 0.326 e. The first-order chi connectivity index (χ1) is 12.5. The summed E-state index contributed by atoms with van der Waals surface area (Å²) in [5.74, 6) is -0.209. The molecule has 1 N–H and O–H groups in total. The first-order valence-electron chi connectivity index (χ1n) is 8.59. The van der Waals surface area contributed by atoms with Crippen molar-refractivity contribution in [2.45, 2.75) is 25.4 Å². The van der Waals surface area contributed by atoms with E-state index in [0.29, 0.717) is 18.0 Å². The monoisotopic (exact) mass is 371 g/mol. The summed E-state index contributed by atoms with van der Waals surface area (Å²) in [5.41, 5.74) is 0.886. The Balaban J connectivity index is 1.75. The molecular formula is C20H22ClN3O2. The number of carbonyl (C=O) groups is 2. The predicted octanol–water partition coefficient (Wildman–Crippen LogP) is 3.59. The number of urea groups is 1. The van der Waals surface area contributed by atoms with Gasteiger partial charge in [0.05, 0.1) is 6.67 Å². The minimum absolute atomic E-state index is 0.209. The van der Waals surface area contributed by atoms with Crippen LogP contribution in [0.2, 0.25) is 5.02 Å². The van der Waals surface area contributed by atoms with Gasteiger partial charge in [-0.05, 0) is 36.7 Å². The summed E-state index contributed by atoms with van der Waals surface area (Å²) >= 11 is 5.91. The van der Waals surface area contributed by atoms with Crippen molar-refractivity contribution in [3.63, 3.8) is 0 Å². The van der Waals surface area contributed by atoms with Gasteiger partial charge in [-0.1, -0.05) is 61.0 Å². The standard InChI is InChI=1S/C20H22ClN3O2/c1-3-20(16-7-5-4-6-8-16)18(25)24(19(26)22-20)14-23(2)13-15-9-11-17(21)12-10-15/h4-12H,3,13-14H2,1-2H3,(H,22,26)/t20-/m1/s1. The molecule has 0 saturated carbocycles. The quantitative estimate of drug-likeness (QED) is 0.789. The lowest BCUT2D eigenvalue weighted by molar-refractivity contribution is -0.133. The fourth-order valence-electron chi connectivity index (χ4n) is 3.31. The smallest absolute Gasteiger partial charge is 0.319 e. The van der Waals surface area contributed by atoms with Gasteiger partial charge in [0.1, 0.15) is 5.54 Å². The number of halogens is 1. The molecule has 0 spiro atoms. The second-order valence-electron chi connectivity index (χ2n) is 6.57. The van der Waals surface area contributed by atoms with Crippen molar-refractivity contribution in [1.29, 1.82) is 0 Å². The molecule has 0 radical (unpaired) electrons. The summed E-state index contributed by atoms with van der Waals surface area (Å²) in [4.78, 5) is 28.8. The molecule has 1 fully saturated rings. The minimum atomic E-state index is -0.987. The lowest BCUT2D eigenvalue weighted by atomic mass is 9.87. The lowest BCUT2D eigenvalue weighted by Gasteiger charge is -2.27. The van der Waals surface area contributed by atoms with Gasteiger partial charge in [-0.25, -0.2) is 9.69 Å². The van der Waals surface area contributed by atoms with Crippen LogP contribution in [0, 0.1) is 0 Å². The highest BCUT2D eigenvalue weighted by Crippen LogP contribution is 2.32. The number of amides is 3. The summed E-state index contributed by atoms with van der Waals surface area (Å²) in [6.07, 6.45) is 0.499. The van der Waals surface area contributed by atoms with Gasteiger partial charge in [-0.3, -0.25) is 9.69 Å². The molecule has 1 aliphatic heterocycles. The van der Waals surface area contributed by atoms with Crippen molar-refractivity contribution in [1.82, 2.24) is 15.1 Å². The highest BCUT2D eigenvalue weighted by molar-refractivity contribution is 6.30. The molecule has 1 heterocycles. The number of nitrogens with one attached hydrogen (secondary N) is 1. The summed E-state index contributed by atoms with van der Waals surface area (Å²) < 4.78 is 0. The molecule has 26 heavy (non-hydrogen) atoms. The average molecular weight is 372 g/mol. The summed E-state index contributed by atoms with van der Waals surface area (Å²) in [6.45, 7) is 2.74. The molecule has 6 heteroatoms. The van der Waals surface area contributed by atoms with Crippen LogP contribution < -0.4 is 5.32 Å². The van der Waals surface area contributed by atoms with Gasteiger partial charge in [0.25, 0.3) is 5.91 Å². The maximum absolute atomic E-state index is 13.1. The predicted molar refractivity (Wildman–Crippen MR) is 102 cm³/mol. The zero-order valence-corrected chi connectivity index (χ0v) is 15.7. The van der Waals surface area contributed by atoms with E-state index in [1.165, 1.54) is 4.90 Å². The van der Waals surface area contributed by atoms with E-state index in [2.05, 4.69) is 5.32 Å². The molecule has 2 aromatic carbocycles. The number of nitrogens with zero attached hydrogens (tertiary/aromatic N) is 2. The number of hydrogen-bond donors (Lipinski definition) is 1. The Labute approximate surface area is 158 Å². The summed E-state index contributed by atoms with van der Waals surface area (Å²) in [7, 11) is 1.88. The largest absolute Gasteiger partial charge is 0.326 e. The number of carbonyl (C=O) groups excluding carboxylic acids is 2. The molecule has 1 atom stereocenters. The SMILES string of the molecule is CC[C@]1(c2ccccc2)NC(=O)N(CN(C)Cc2ccc(Cl)cc2)C1=O. The number of benzene rings is 2. The highest BCUT2D eigenvalue weighted by atomic mass is 35.5. The fourth-order valence-corrected chi connectivity index (χ4v) is 3.44. The summed E-state index contributed by atoms with van der Waals surface area (Å²) in [5, 5.41) is 3.58. The van der Waals surface area contributed by atoms with Gasteiger partial charge in [0.2, 0.25) is 0 Å². The van der Waals surface area contributed by atoms with Crippen LogP contribution in [0.15, 0.2) is 54.6 Å². The fraction of sp³-hybridized carbons (Fsp3) is 0.300. The molecule has 2 aromatic rings. The Kier molecular flexibility index (Phi) is 5.30. The van der Waals surface area contributed by atoms with Crippen molar-refractivity contribution in [3.8, 4) is 0 Å². The number of imide groups is 1. The second kappa shape index (κ2) is 7.48.